The highest BCUT2D eigenvalue weighted by atomic mass is 35.5. The average Bonchev–Trinajstić information content (AvgIpc) is 2.93. The van der Waals surface area contributed by atoms with Gasteiger partial charge in [0.25, 0.3) is 11.8 Å². The van der Waals surface area contributed by atoms with Crippen LogP contribution in [0.2, 0.25) is 5.02 Å². The van der Waals surface area contributed by atoms with Crippen LogP contribution in [0.1, 0.15) is 27.9 Å². The standard InChI is InChI=1S/C22H25ClN2O3/c1-16-5-3-6-18(13-16)22(27)25-10-4-9-24(11-12-25)21(26)15-28-20-8-7-19(23)14-17(20)2/h3,5-8,13-14H,4,9-12,15H2,1-2H3. The highest BCUT2D eigenvalue weighted by Gasteiger charge is 2.23. The maximum Gasteiger partial charge on any atom is 0.260 e. The van der Waals surface area contributed by atoms with Crippen molar-refractivity contribution in [3.05, 3.63) is 64.2 Å². The normalized spacial score (nSPS) is 14.5. The highest BCUT2D eigenvalue weighted by molar-refractivity contribution is 6.30. The molecule has 148 valence electrons. The molecule has 0 unspecified atom stereocenters. The predicted octanol–water partition coefficient (Wildman–Crippen LogP) is 3.71. The second-order valence-electron chi connectivity index (χ2n) is 7.09. The van der Waals surface area contributed by atoms with Crippen LogP contribution in [-0.4, -0.2) is 54.4 Å². The van der Waals surface area contributed by atoms with E-state index in [1.807, 2.05) is 49.1 Å². The van der Waals surface area contributed by atoms with Crippen LogP contribution in [0.25, 0.3) is 0 Å². The van der Waals surface area contributed by atoms with Gasteiger partial charge in [0.1, 0.15) is 5.75 Å². The van der Waals surface area contributed by atoms with Gasteiger partial charge in [0.05, 0.1) is 0 Å². The number of hydrogen-bond acceptors (Lipinski definition) is 3. The fourth-order valence-corrected chi connectivity index (χ4v) is 3.56. The molecule has 0 radical (unpaired) electrons. The van der Waals surface area contributed by atoms with Crippen LogP contribution in [0.4, 0.5) is 0 Å². The van der Waals surface area contributed by atoms with Crippen LogP contribution in [-0.2, 0) is 4.79 Å². The molecule has 1 saturated heterocycles. The smallest absolute Gasteiger partial charge is 0.260 e. The molecule has 1 heterocycles. The van der Waals surface area contributed by atoms with Crippen molar-refractivity contribution in [1.82, 2.24) is 9.80 Å². The van der Waals surface area contributed by atoms with Crippen LogP contribution in [0.3, 0.4) is 0 Å². The first kappa shape index (κ1) is 20.2. The molecule has 28 heavy (non-hydrogen) atoms. The zero-order chi connectivity index (χ0) is 20.1. The van der Waals surface area contributed by atoms with Crippen molar-refractivity contribution in [2.45, 2.75) is 20.3 Å². The minimum atomic E-state index is -0.0702. The molecule has 6 heteroatoms. The van der Waals surface area contributed by atoms with Gasteiger partial charge in [-0.3, -0.25) is 9.59 Å². The van der Waals surface area contributed by atoms with Crippen LogP contribution in [0, 0.1) is 13.8 Å². The topological polar surface area (TPSA) is 49.9 Å². The maximum absolute atomic E-state index is 12.7. The maximum atomic E-state index is 12.7. The predicted molar refractivity (Wildman–Crippen MR) is 110 cm³/mol. The van der Waals surface area contributed by atoms with E-state index in [1.165, 1.54) is 0 Å². The van der Waals surface area contributed by atoms with E-state index in [9.17, 15) is 9.59 Å². The summed E-state index contributed by atoms with van der Waals surface area (Å²) < 4.78 is 5.67. The van der Waals surface area contributed by atoms with E-state index in [2.05, 4.69) is 0 Å². The zero-order valence-corrected chi connectivity index (χ0v) is 17.0. The zero-order valence-electron chi connectivity index (χ0n) is 16.3. The summed E-state index contributed by atoms with van der Waals surface area (Å²) in [7, 11) is 0. The Hall–Kier alpha value is -2.53. The molecular weight excluding hydrogens is 376 g/mol. The number of rotatable bonds is 4. The third-order valence-electron chi connectivity index (χ3n) is 4.89. The number of hydrogen-bond donors (Lipinski definition) is 0. The van der Waals surface area contributed by atoms with E-state index in [0.717, 1.165) is 17.5 Å². The van der Waals surface area contributed by atoms with Gasteiger partial charge in [0, 0.05) is 36.8 Å². The van der Waals surface area contributed by atoms with Crippen molar-refractivity contribution < 1.29 is 14.3 Å². The summed E-state index contributed by atoms with van der Waals surface area (Å²) in [5, 5.41) is 0.641. The lowest BCUT2D eigenvalue weighted by Crippen LogP contribution is -2.39. The van der Waals surface area contributed by atoms with Crippen LogP contribution < -0.4 is 4.74 Å². The Labute approximate surface area is 170 Å². The number of carbonyl (C=O) groups excluding carboxylic acids is 2. The van der Waals surface area contributed by atoms with Crippen molar-refractivity contribution in [2.75, 3.05) is 32.8 Å². The first-order valence-electron chi connectivity index (χ1n) is 9.47. The molecular formula is C22H25ClN2O3. The molecule has 1 fully saturated rings. The lowest BCUT2D eigenvalue weighted by atomic mass is 10.1. The average molecular weight is 401 g/mol. The van der Waals surface area contributed by atoms with E-state index < -0.39 is 0 Å². The fourth-order valence-electron chi connectivity index (χ4n) is 3.34. The van der Waals surface area contributed by atoms with Gasteiger partial charge in [-0.1, -0.05) is 29.3 Å². The molecule has 2 aromatic carbocycles. The minimum absolute atomic E-state index is 0.0195. The summed E-state index contributed by atoms with van der Waals surface area (Å²) in [5.41, 5.74) is 2.65. The van der Waals surface area contributed by atoms with E-state index >= 15 is 0 Å². The van der Waals surface area contributed by atoms with Gasteiger partial charge in [-0.05, 0) is 56.2 Å². The van der Waals surface area contributed by atoms with Crippen molar-refractivity contribution in [3.8, 4) is 5.75 Å². The van der Waals surface area contributed by atoms with E-state index in [4.69, 9.17) is 16.3 Å². The van der Waals surface area contributed by atoms with Crippen molar-refractivity contribution >= 4 is 23.4 Å². The number of amides is 2. The van der Waals surface area contributed by atoms with Gasteiger partial charge < -0.3 is 14.5 Å². The van der Waals surface area contributed by atoms with E-state index in [-0.39, 0.29) is 18.4 Å². The second-order valence-corrected chi connectivity index (χ2v) is 7.53. The Kier molecular flexibility index (Phi) is 6.57. The molecule has 0 bridgehead atoms. The van der Waals surface area contributed by atoms with E-state index in [1.54, 1.807) is 17.0 Å². The minimum Gasteiger partial charge on any atom is -0.483 e. The van der Waals surface area contributed by atoms with Gasteiger partial charge >= 0.3 is 0 Å². The summed E-state index contributed by atoms with van der Waals surface area (Å²) in [5.74, 6) is 0.606. The Morgan fingerprint density at radius 1 is 1.00 bits per heavy atom. The van der Waals surface area contributed by atoms with Gasteiger partial charge in [0.2, 0.25) is 0 Å². The molecule has 0 saturated carbocycles. The van der Waals surface area contributed by atoms with Crippen molar-refractivity contribution in [3.63, 3.8) is 0 Å². The Morgan fingerprint density at radius 2 is 1.75 bits per heavy atom. The molecule has 0 aromatic heterocycles. The Morgan fingerprint density at radius 3 is 2.50 bits per heavy atom. The number of benzene rings is 2. The number of carbonyl (C=O) groups is 2. The summed E-state index contributed by atoms with van der Waals surface area (Å²) in [6.45, 7) is 6.16. The largest absolute Gasteiger partial charge is 0.483 e. The first-order chi connectivity index (χ1) is 13.4. The summed E-state index contributed by atoms with van der Waals surface area (Å²) >= 11 is 5.95. The van der Waals surface area contributed by atoms with E-state index in [0.29, 0.717) is 42.5 Å². The molecule has 5 nitrogen and oxygen atoms in total. The highest BCUT2D eigenvalue weighted by Crippen LogP contribution is 2.22. The Balaban J connectivity index is 1.55. The molecule has 0 spiro atoms. The summed E-state index contributed by atoms with van der Waals surface area (Å²) in [6, 6.07) is 12.9. The molecule has 2 aromatic rings. The molecule has 0 N–H and O–H groups in total. The van der Waals surface area contributed by atoms with Crippen LogP contribution >= 0.6 is 11.6 Å². The molecule has 0 atom stereocenters. The fraction of sp³-hybridized carbons (Fsp3) is 0.364. The summed E-state index contributed by atoms with van der Waals surface area (Å²) in [4.78, 5) is 28.9. The quantitative estimate of drug-likeness (QED) is 0.786. The number of halogens is 1. The monoisotopic (exact) mass is 400 g/mol. The molecule has 0 aliphatic carbocycles. The van der Waals surface area contributed by atoms with Crippen molar-refractivity contribution in [2.24, 2.45) is 0 Å². The summed E-state index contributed by atoms with van der Waals surface area (Å²) in [6.07, 6.45) is 0.753. The number of ether oxygens (including phenoxy) is 1. The van der Waals surface area contributed by atoms with Gasteiger partial charge in [-0.15, -0.1) is 0 Å². The van der Waals surface area contributed by atoms with Gasteiger partial charge in [-0.2, -0.15) is 0 Å². The third-order valence-corrected chi connectivity index (χ3v) is 5.12. The molecule has 1 aliphatic rings. The second kappa shape index (κ2) is 9.11. The number of nitrogens with zero attached hydrogens (tertiary/aromatic N) is 2. The van der Waals surface area contributed by atoms with Gasteiger partial charge in [-0.25, -0.2) is 0 Å². The molecule has 1 aliphatic heterocycles. The Bertz CT molecular complexity index is 869. The first-order valence-corrected chi connectivity index (χ1v) is 9.84. The molecule has 2 amide bonds. The lowest BCUT2D eigenvalue weighted by Gasteiger charge is -2.22. The number of aryl methyl sites for hydroxylation is 2. The SMILES string of the molecule is Cc1cccc(C(=O)N2CCCN(C(=O)COc3ccc(Cl)cc3C)CC2)c1. The lowest BCUT2D eigenvalue weighted by molar-refractivity contribution is -0.133. The van der Waals surface area contributed by atoms with Crippen molar-refractivity contribution in [1.29, 1.82) is 0 Å². The van der Waals surface area contributed by atoms with Gasteiger partial charge in [0.15, 0.2) is 6.61 Å². The van der Waals surface area contributed by atoms with Crippen LogP contribution in [0.5, 0.6) is 5.75 Å². The van der Waals surface area contributed by atoms with Crippen LogP contribution in [0.15, 0.2) is 42.5 Å². The molecule has 3 rings (SSSR count). The third kappa shape index (κ3) is 5.04.